The highest BCUT2D eigenvalue weighted by molar-refractivity contribution is 9.09. The number of alkyl halides is 1. The summed E-state index contributed by atoms with van der Waals surface area (Å²) in [4.78, 5) is 21.6. The Balaban J connectivity index is 2.15. The number of hydrogen-bond donors (Lipinski definition) is 0. The third kappa shape index (κ3) is 2.16. The van der Waals surface area contributed by atoms with Gasteiger partial charge in [-0.05, 0) is 5.92 Å². The minimum atomic E-state index is 0.101. The summed E-state index contributed by atoms with van der Waals surface area (Å²) < 4.78 is 4.92. The minimum absolute atomic E-state index is 0.101. The van der Waals surface area contributed by atoms with Gasteiger partial charge in [0.05, 0.1) is 19.5 Å². The fourth-order valence-electron chi connectivity index (χ4n) is 1.66. The lowest BCUT2D eigenvalue weighted by Gasteiger charge is -2.14. The number of hydrogen-bond acceptors (Lipinski definition) is 4. The van der Waals surface area contributed by atoms with Crippen LogP contribution in [0.3, 0.4) is 0 Å². The van der Waals surface area contributed by atoms with Crippen molar-refractivity contribution in [3.05, 3.63) is 12.4 Å². The van der Waals surface area contributed by atoms with Crippen LogP contribution in [0.1, 0.15) is 6.42 Å². The molecular formula is C10H12BrN3O2. The van der Waals surface area contributed by atoms with Crippen molar-refractivity contribution in [3.8, 4) is 5.88 Å². The maximum absolute atomic E-state index is 11.7. The molecule has 1 saturated heterocycles. The summed E-state index contributed by atoms with van der Waals surface area (Å²) >= 11 is 3.39. The van der Waals surface area contributed by atoms with Crippen LogP contribution in [0.5, 0.6) is 5.88 Å². The maximum Gasteiger partial charge on any atom is 0.232 e. The van der Waals surface area contributed by atoms with E-state index in [-0.39, 0.29) is 5.91 Å². The van der Waals surface area contributed by atoms with Gasteiger partial charge < -0.3 is 4.74 Å². The number of rotatable bonds is 3. The monoisotopic (exact) mass is 285 g/mol. The van der Waals surface area contributed by atoms with E-state index in [0.29, 0.717) is 30.6 Å². The molecule has 1 aliphatic rings. The molecule has 1 atom stereocenters. The molecule has 0 bridgehead atoms. The van der Waals surface area contributed by atoms with Crippen LogP contribution < -0.4 is 9.64 Å². The first-order chi connectivity index (χ1) is 7.74. The Morgan fingerprint density at radius 1 is 1.56 bits per heavy atom. The highest BCUT2D eigenvalue weighted by atomic mass is 79.9. The molecular weight excluding hydrogens is 274 g/mol. The lowest BCUT2D eigenvalue weighted by atomic mass is 10.2. The van der Waals surface area contributed by atoms with Gasteiger partial charge in [-0.1, -0.05) is 15.9 Å². The summed E-state index contributed by atoms with van der Waals surface area (Å²) in [6.45, 7) is 0.699. The number of halogens is 1. The molecule has 2 rings (SSSR count). The van der Waals surface area contributed by atoms with Gasteiger partial charge in [-0.2, -0.15) is 0 Å². The predicted octanol–water partition coefficient (Wildman–Crippen LogP) is 1.23. The summed E-state index contributed by atoms with van der Waals surface area (Å²) in [6.07, 6.45) is 3.65. The molecule has 1 amide bonds. The SMILES string of the molecule is COc1cnc(N2CC(CBr)CC2=O)cn1. The zero-order chi connectivity index (χ0) is 11.5. The van der Waals surface area contributed by atoms with E-state index in [4.69, 9.17) is 4.74 Å². The standard InChI is InChI=1S/C10H12BrN3O2/c1-16-9-5-12-8(4-13-9)14-6-7(3-11)2-10(14)15/h4-5,7H,2-3,6H2,1H3. The van der Waals surface area contributed by atoms with Crippen LogP contribution in [0, 0.1) is 5.92 Å². The number of nitrogens with zero attached hydrogens (tertiary/aromatic N) is 3. The fraction of sp³-hybridized carbons (Fsp3) is 0.500. The average Bonchev–Trinajstić information content (AvgIpc) is 2.71. The first-order valence-electron chi connectivity index (χ1n) is 4.97. The van der Waals surface area contributed by atoms with Crippen molar-refractivity contribution in [2.24, 2.45) is 5.92 Å². The van der Waals surface area contributed by atoms with Gasteiger partial charge in [0, 0.05) is 18.3 Å². The molecule has 0 aliphatic carbocycles. The number of amides is 1. The van der Waals surface area contributed by atoms with E-state index in [1.165, 1.54) is 13.3 Å². The maximum atomic E-state index is 11.7. The van der Waals surface area contributed by atoms with E-state index in [2.05, 4.69) is 25.9 Å². The van der Waals surface area contributed by atoms with Gasteiger partial charge in [0.15, 0.2) is 5.82 Å². The Hall–Kier alpha value is -1.17. The minimum Gasteiger partial charge on any atom is -0.480 e. The number of carbonyl (C=O) groups excluding carboxylic acids is 1. The molecule has 1 unspecified atom stereocenters. The van der Waals surface area contributed by atoms with Crippen molar-refractivity contribution in [1.82, 2.24) is 9.97 Å². The first-order valence-corrected chi connectivity index (χ1v) is 6.09. The number of ether oxygens (including phenoxy) is 1. The van der Waals surface area contributed by atoms with Crippen LogP contribution >= 0.6 is 15.9 Å². The largest absolute Gasteiger partial charge is 0.480 e. The van der Waals surface area contributed by atoms with Gasteiger partial charge >= 0.3 is 0 Å². The average molecular weight is 286 g/mol. The molecule has 0 N–H and O–H groups in total. The van der Waals surface area contributed by atoms with Crippen molar-refractivity contribution in [1.29, 1.82) is 0 Å². The van der Waals surface area contributed by atoms with E-state index in [9.17, 15) is 4.79 Å². The number of carbonyl (C=O) groups is 1. The molecule has 1 aromatic rings. The lowest BCUT2D eigenvalue weighted by molar-refractivity contribution is -0.117. The normalized spacial score (nSPS) is 20.2. The van der Waals surface area contributed by atoms with Crippen molar-refractivity contribution in [2.75, 3.05) is 23.9 Å². The van der Waals surface area contributed by atoms with E-state index in [1.54, 1.807) is 11.1 Å². The van der Waals surface area contributed by atoms with Gasteiger partial charge in [0.2, 0.25) is 11.8 Å². The zero-order valence-corrected chi connectivity index (χ0v) is 10.5. The van der Waals surface area contributed by atoms with E-state index < -0.39 is 0 Å². The van der Waals surface area contributed by atoms with Gasteiger partial charge in [-0.25, -0.2) is 9.97 Å². The Morgan fingerprint density at radius 2 is 2.38 bits per heavy atom. The summed E-state index contributed by atoms with van der Waals surface area (Å²) in [5, 5.41) is 0.832. The Labute approximate surface area is 102 Å². The smallest absolute Gasteiger partial charge is 0.232 e. The van der Waals surface area contributed by atoms with Gasteiger partial charge in [-0.15, -0.1) is 0 Å². The summed E-state index contributed by atoms with van der Waals surface area (Å²) in [7, 11) is 1.53. The molecule has 16 heavy (non-hydrogen) atoms. The van der Waals surface area contributed by atoms with E-state index >= 15 is 0 Å². The van der Waals surface area contributed by atoms with Crippen molar-refractivity contribution in [3.63, 3.8) is 0 Å². The molecule has 1 aliphatic heterocycles. The summed E-state index contributed by atoms with van der Waals surface area (Å²) in [6, 6.07) is 0. The number of aromatic nitrogens is 2. The second-order valence-corrected chi connectivity index (χ2v) is 4.29. The fourth-order valence-corrected chi connectivity index (χ4v) is 2.09. The van der Waals surface area contributed by atoms with Crippen LogP contribution in [-0.2, 0) is 4.79 Å². The second-order valence-electron chi connectivity index (χ2n) is 3.65. The first kappa shape index (κ1) is 11.3. The van der Waals surface area contributed by atoms with Crippen LogP contribution in [0.25, 0.3) is 0 Å². The summed E-state index contributed by atoms with van der Waals surface area (Å²) in [5.41, 5.74) is 0. The molecule has 5 nitrogen and oxygen atoms in total. The zero-order valence-electron chi connectivity index (χ0n) is 8.89. The van der Waals surface area contributed by atoms with Crippen molar-refractivity contribution >= 4 is 27.7 Å². The number of methoxy groups -OCH3 is 1. The molecule has 0 spiro atoms. The van der Waals surface area contributed by atoms with Crippen molar-refractivity contribution in [2.45, 2.75) is 6.42 Å². The Kier molecular flexibility index (Phi) is 3.38. The third-order valence-electron chi connectivity index (χ3n) is 2.52. The highest BCUT2D eigenvalue weighted by Gasteiger charge is 2.30. The third-order valence-corrected chi connectivity index (χ3v) is 3.44. The molecule has 6 heteroatoms. The van der Waals surface area contributed by atoms with Crippen molar-refractivity contribution < 1.29 is 9.53 Å². The topological polar surface area (TPSA) is 55.3 Å². The Bertz CT molecular complexity index is 382. The molecule has 0 aromatic carbocycles. The van der Waals surface area contributed by atoms with E-state index in [0.717, 1.165) is 5.33 Å². The van der Waals surface area contributed by atoms with Crippen LogP contribution in [0.15, 0.2) is 12.4 Å². The quantitative estimate of drug-likeness (QED) is 0.784. The van der Waals surface area contributed by atoms with E-state index in [1.807, 2.05) is 0 Å². The van der Waals surface area contributed by atoms with Gasteiger partial charge in [0.1, 0.15) is 0 Å². The molecule has 0 saturated carbocycles. The van der Waals surface area contributed by atoms with Crippen LogP contribution in [0.4, 0.5) is 5.82 Å². The predicted molar refractivity (Wildman–Crippen MR) is 62.8 cm³/mol. The molecule has 1 aromatic heterocycles. The molecule has 1 fully saturated rings. The Morgan fingerprint density at radius 3 is 2.88 bits per heavy atom. The molecule has 2 heterocycles. The summed E-state index contributed by atoms with van der Waals surface area (Å²) in [5.74, 6) is 1.50. The van der Waals surface area contributed by atoms with Crippen LogP contribution in [-0.4, -0.2) is 34.9 Å². The van der Waals surface area contributed by atoms with Crippen LogP contribution in [0.2, 0.25) is 0 Å². The highest BCUT2D eigenvalue weighted by Crippen LogP contribution is 2.24. The van der Waals surface area contributed by atoms with Gasteiger partial charge in [0.25, 0.3) is 0 Å². The molecule has 86 valence electrons. The number of anilines is 1. The molecule has 0 radical (unpaired) electrons. The second kappa shape index (κ2) is 4.78. The van der Waals surface area contributed by atoms with Gasteiger partial charge in [-0.3, -0.25) is 9.69 Å². The lowest BCUT2D eigenvalue weighted by Crippen LogP contribution is -2.25.